The van der Waals surface area contributed by atoms with E-state index in [4.69, 9.17) is 5.26 Å². The summed E-state index contributed by atoms with van der Waals surface area (Å²) in [5, 5.41) is 12.9. The maximum absolute atomic E-state index is 8.72. The van der Waals surface area contributed by atoms with E-state index in [1.54, 1.807) is 23.1 Å². The molecule has 15 heavy (non-hydrogen) atoms. The molecule has 0 N–H and O–H groups in total. The summed E-state index contributed by atoms with van der Waals surface area (Å²) in [6.45, 7) is 1.83. The van der Waals surface area contributed by atoms with Crippen LogP contribution in [-0.4, -0.2) is 14.8 Å². The first-order valence-corrected chi connectivity index (χ1v) is 5.08. The summed E-state index contributed by atoms with van der Waals surface area (Å²) in [4.78, 5) is 4.04. The highest BCUT2D eigenvalue weighted by molar-refractivity contribution is 9.10. The molecule has 0 unspecified atom stereocenters. The van der Waals surface area contributed by atoms with Gasteiger partial charge in [0.2, 0.25) is 0 Å². The van der Waals surface area contributed by atoms with Gasteiger partial charge in [0.25, 0.3) is 0 Å². The molecule has 0 aliphatic carbocycles. The highest BCUT2D eigenvalue weighted by atomic mass is 79.9. The van der Waals surface area contributed by atoms with Crippen molar-refractivity contribution in [3.8, 4) is 11.8 Å². The SMILES string of the molecule is Cc1ncn(-c2ccc(C#N)cc2Br)n1. The van der Waals surface area contributed by atoms with Gasteiger partial charge in [-0.3, -0.25) is 0 Å². The highest BCUT2D eigenvalue weighted by Gasteiger charge is 2.04. The first-order chi connectivity index (χ1) is 7.20. The fraction of sp³-hybridized carbons (Fsp3) is 0.100. The Labute approximate surface area is 95.3 Å². The molecular formula is C10H7BrN4. The highest BCUT2D eigenvalue weighted by Crippen LogP contribution is 2.21. The minimum absolute atomic E-state index is 0.613. The van der Waals surface area contributed by atoms with E-state index in [0.29, 0.717) is 11.4 Å². The standard InChI is InChI=1S/C10H7BrN4/c1-7-13-6-15(14-7)10-3-2-8(5-12)4-9(10)11/h2-4,6H,1H3. The van der Waals surface area contributed by atoms with Gasteiger partial charge in [0.05, 0.1) is 17.3 Å². The largest absolute Gasteiger partial charge is 0.220 e. The third-order valence-electron chi connectivity index (χ3n) is 1.93. The number of hydrogen-bond donors (Lipinski definition) is 0. The minimum Gasteiger partial charge on any atom is -0.220 e. The van der Waals surface area contributed by atoms with Crippen LogP contribution in [0, 0.1) is 18.3 Å². The fourth-order valence-electron chi connectivity index (χ4n) is 1.22. The summed E-state index contributed by atoms with van der Waals surface area (Å²) in [6.07, 6.45) is 1.64. The second-order valence-electron chi connectivity index (χ2n) is 3.01. The quantitative estimate of drug-likeness (QED) is 0.792. The van der Waals surface area contributed by atoms with Crippen LogP contribution in [0.4, 0.5) is 0 Å². The minimum atomic E-state index is 0.613. The zero-order valence-corrected chi connectivity index (χ0v) is 9.56. The summed E-state index contributed by atoms with van der Waals surface area (Å²) in [5.74, 6) is 0.714. The van der Waals surface area contributed by atoms with Crippen LogP contribution in [-0.2, 0) is 0 Å². The van der Waals surface area contributed by atoms with E-state index in [0.717, 1.165) is 10.2 Å². The Balaban J connectivity index is 2.51. The van der Waals surface area contributed by atoms with E-state index < -0.39 is 0 Å². The Morgan fingerprint density at radius 1 is 1.47 bits per heavy atom. The topological polar surface area (TPSA) is 54.5 Å². The second kappa shape index (κ2) is 3.83. The zero-order chi connectivity index (χ0) is 10.8. The third-order valence-corrected chi connectivity index (χ3v) is 2.57. The molecular weight excluding hydrogens is 256 g/mol. The van der Waals surface area contributed by atoms with Crippen molar-refractivity contribution < 1.29 is 0 Å². The summed E-state index contributed by atoms with van der Waals surface area (Å²) in [7, 11) is 0. The van der Waals surface area contributed by atoms with Crippen molar-refractivity contribution >= 4 is 15.9 Å². The Kier molecular flexibility index (Phi) is 2.52. The van der Waals surface area contributed by atoms with Gasteiger partial charge in [0, 0.05) is 4.47 Å². The summed E-state index contributed by atoms with van der Waals surface area (Å²) in [6, 6.07) is 7.41. The molecule has 0 spiro atoms. The number of aromatic nitrogens is 3. The molecule has 5 heteroatoms. The van der Waals surface area contributed by atoms with E-state index in [9.17, 15) is 0 Å². The number of aryl methyl sites for hydroxylation is 1. The molecule has 1 heterocycles. The number of nitrogens with zero attached hydrogens (tertiary/aromatic N) is 4. The van der Waals surface area contributed by atoms with Crippen LogP contribution in [0.2, 0.25) is 0 Å². The van der Waals surface area contributed by atoms with Gasteiger partial charge in [0.15, 0.2) is 0 Å². The molecule has 0 amide bonds. The van der Waals surface area contributed by atoms with E-state index in [-0.39, 0.29) is 0 Å². The molecule has 0 aliphatic heterocycles. The Morgan fingerprint density at radius 3 is 2.80 bits per heavy atom. The number of nitriles is 1. The zero-order valence-electron chi connectivity index (χ0n) is 7.98. The summed E-state index contributed by atoms with van der Waals surface area (Å²) >= 11 is 3.39. The molecule has 2 aromatic rings. The molecule has 0 saturated carbocycles. The monoisotopic (exact) mass is 262 g/mol. The molecule has 1 aromatic carbocycles. The second-order valence-corrected chi connectivity index (χ2v) is 3.87. The van der Waals surface area contributed by atoms with Gasteiger partial charge in [-0.15, -0.1) is 0 Å². The molecule has 1 aromatic heterocycles. The van der Waals surface area contributed by atoms with Gasteiger partial charge in [0.1, 0.15) is 12.2 Å². The predicted molar refractivity (Wildman–Crippen MR) is 58.5 cm³/mol. The molecule has 0 aliphatic rings. The predicted octanol–water partition coefficient (Wildman–Crippen LogP) is 2.21. The Bertz CT molecular complexity index is 539. The first-order valence-electron chi connectivity index (χ1n) is 4.29. The average molecular weight is 263 g/mol. The lowest BCUT2D eigenvalue weighted by Gasteiger charge is -2.03. The summed E-state index contributed by atoms with van der Waals surface area (Å²) < 4.78 is 2.49. The lowest BCUT2D eigenvalue weighted by molar-refractivity contribution is 0.858. The van der Waals surface area contributed by atoms with E-state index in [2.05, 4.69) is 32.1 Å². The van der Waals surface area contributed by atoms with Gasteiger partial charge >= 0.3 is 0 Å². The van der Waals surface area contributed by atoms with Gasteiger partial charge in [-0.1, -0.05) is 0 Å². The van der Waals surface area contributed by atoms with Gasteiger partial charge in [-0.05, 0) is 41.1 Å². The van der Waals surface area contributed by atoms with E-state index in [1.165, 1.54) is 0 Å². The third kappa shape index (κ3) is 1.90. The van der Waals surface area contributed by atoms with Crippen molar-refractivity contribution in [2.24, 2.45) is 0 Å². The van der Waals surface area contributed by atoms with Crippen molar-refractivity contribution in [2.45, 2.75) is 6.92 Å². The number of halogens is 1. The van der Waals surface area contributed by atoms with E-state index in [1.807, 2.05) is 13.0 Å². The van der Waals surface area contributed by atoms with Crippen LogP contribution in [0.5, 0.6) is 0 Å². The maximum atomic E-state index is 8.72. The molecule has 0 fully saturated rings. The average Bonchev–Trinajstić information content (AvgIpc) is 2.64. The van der Waals surface area contributed by atoms with Crippen LogP contribution in [0.3, 0.4) is 0 Å². The molecule has 4 nitrogen and oxygen atoms in total. The Hall–Kier alpha value is -1.67. The lowest BCUT2D eigenvalue weighted by Crippen LogP contribution is -1.96. The van der Waals surface area contributed by atoms with Crippen molar-refractivity contribution in [1.82, 2.24) is 14.8 Å². The van der Waals surface area contributed by atoms with Crippen LogP contribution >= 0.6 is 15.9 Å². The van der Waals surface area contributed by atoms with Crippen LogP contribution in [0.15, 0.2) is 29.0 Å². The number of benzene rings is 1. The van der Waals surface area contributed by atoms with Gasteiger partial charge < -0.3 is 0 Å². The van der Waals surface area contributed by atoms with Gasteiger partial charge in [-0.25, -0.2) is 9.67 Å². The van der Waals surface area contributed by atoms with Crippen LogP contribution in [0.25, 0.3) is 5.69 Å². The van der Waals surface area contributed by atoms with Crippen LogP contribution in [0.1, 0.15) is 11.4 Å². The summed E-state index contributed by atoms with van der Waals surface area (Å²) in [5.41, 5.74) is 1.48. The maximum Gasteiger partial charge on any atom is 0.147 e. The molecule has 0 radical (unpaired) electrons. The number of hydrogen-bond acceptors (Lipinski definition) is 3. The lowest BCUT2D eigenvalue weighted by atomic mass is 10.2. The molecule has 2 rings (SSSR count). The van der Waals surface area contributed by atoms with Crippen molar-refractivity contribution in [3.63, 3.8) is 0 Å². The van der Waals surface area contributed by atoms with Crippen molar-refractivity contribution in [2.75, 3.05) is 0 Å². The fourth-order valence-corrected chi connectivity index (χ4v) is 1.78. The van der Waals surface area contributed by atoms with Crippen LogP contribution < -0.4 is 0 Å². The van der Waals surface area contributed by atoms with Gasteiger partial charge in [-0.2, -0.15) is 10.4 Å². The smallest absolute Gasteiger partial charge is 0.147 e. The molecule has 0 saturated heterocycles. The Morgan fingerprint density at radius 2 is 2.27 bits per heavy atom. The van der Waals surface area contributed by atoms with Crippen molar-refractivity contribution in [1.29, 1.82) is 5.26 Å². The normalized spacial score (nSPS) is 9.93. The molecule has 74 valence electrons. The molecule has 0 atom stereocenters. The van der Waals surface area contributed by atoms with Crippen molar-refractivity contribution in [3.05, 3.63) is 40.4 Å². The molecule has 0 bridgehead atoms. The number of rotatable bonds is 1. The van der Waals surface area contributed by atoms with E-state index >= 15 is 0 Å². The first kappa shape index (κ1) is 9.87.